The number of hydrogen-bond donors (Lipinski definition) is 1. The van der Waals surface area contributed by atoms with E-state index in [4.69, 9.17) is 5.11 Å². The van der Waals surface area contributed by atoms with Gasteiger partial charge in [0.1, 0.15) is 0 Å². The summed E-state index contributed by atoms with van der Waals surface area (Å²) in [5.41, 5.74) is 0.945. The Morgan fingerprint density at radius 2 is 2.31 bits per heavy atom. The van der Waals surface area contributed by atoms with Crippen molar-refractivity contribution in [3.8, 4) is 0 Å². The molecule has 0 aliphatic heterocycles. The summed E-state index contributed by atoms with van der Waals surface area (Å²) in [4.78, 5) is 14.9. The molecule has 1 N–H and O–H groups in total. The van der Waals surface area contributed by atoms with Gasteiger partial charge in [-0.1, -0.05) is 13.3 Å². The van der Waals surface area contributed by atoms with Gasteiger partial charge in [0.15, 0.2) is 5.65 Å². The van der Waals surface area contributed by atoms with E-state index in [0.29, 0.717) is 0 Å². The number of carboxylic acid groups (broad SMARTS) is 1. The molecule has 84 valence electrons. The number of aromatic carboxylic acids is 1. The van der Waals surface area contributed by atoms with E-state index in [1.54, 1.807) is 12.3 Å². The van der Waals surface area contributed by atoms with E-state index in [1.165, 1.54) is 6.20 Å². The predicted molar refractivity (Wildman–Crippen MR) is 59.4 cm³/mol. The van der Waals surface area contributed by atoms with E-state index < -0.39 is 5.97 Å². The van der Waals surface area contributed by atoms with E-state index in [2.05, 4.69) is 17.0 Å². The third-order valence-corrected chi connectivity index (χ3v) is 2.45. The van der Waals surface area contributed by atoms with Crippen LogP contribution in [0.15, 0.2) is 18.5 Å². The predicted octanol–water partition coefficient (Wildman–Crippen LogP) is 1.93. The van der Waals surface area contributed by atoms with Crippen molar-refractivity contribution in [2.24, 2.45) is 0 Å². The quantitative estimate of drug-likeness (QED) is 0.853. The second-order valence-corrected chi connectivity index (χ2v) is 3.66. The lowest BCUT2D eigenvalue weighted by molar-refractivity contribution is 0.0696. The van der Waals surface area contributed by atoms with E-state index >= 15 is 0 Å². The van der Waals surface area contributed by atoms with Crippen molar-refractivity contribution < 1.29 is 9.90 Å². The Labute approximate surface area is 92.7 Å². The van der Waals surface area contributed by atoms with Crippen molar-refractivity contribution in [3.63, 3.8) is 0 Å². The summed E-state index contributed by atoms with van der Waals surface area (Å²) < 4.78 is 1.81. The summed E-state index contributed by atoms with van der Waals surface area (Å²) in [6.45, 7) is 2.93. The maximum Gasteiger partial charge on any atom is 0.337 e. The Morgan fingerprint density at radius 3 is 3.00 bits per heavy atom. The Hall–Kier alpha value is -1.91. The van der Waals surface area contributed by atoms with Crippen molar-refractivity contribution in [3.05, 3.63) is 24.0 Å². The van der Waals surface area contributed by atoms with Crippen LogP contribution in [0.4, 0.5) is 0 Å². The number of nitrogens with zero attached hydrogens (tertiary/aromatic N) is 3. The first-order chi connectivity index (χ1) is 7.72. The van der Waals surface area contributed by atoms with Gasteiger partial charge in [-0.3, -0.25) is 0 Å². The Kier molecular flexibility index (Phi) is 2.85. The number of hydrogen-bond acceptors (Lipinski definition) is 3. The Balaban J connectivity index is 2.38. The van der Waals surface area contributed by atoms with Gasteiger partial charge in [0.25, 0.3) is 0 Å². The summed E-state index contributed by atoms with van der Waals surface area (Å²) >= 11 is 0. The topological polar surface area (TPSA) is 68.0 Å². The minimum atomic E-state index is -0.962. The number of rotatable bonds is 4. The summed E-state index contributed by atoms with van der Waals surface area (Å²) in [6.07, 6.45) is 5.16. The molecule has 0 bridgehead atoms. The van der Waals surface area contributed by atoms with E-state index in [-0.39, 0.29) is 5.56 Å². The molecule has 0 aliphatic rings. The fourth-order valence-corrected chi connectivity index (χ4v) is 1.56. The van der Waals surface area contributed by atoms with Gasteiger partial charge in [-0.25, -0.2) is 14.5 Å². The van der Waals surface area contributed by atoms with Crippen LogP contribution in [0.1, 0.15) is 30.1 Å². The van der Waals surface area contributed by atoms with Crippen LogP contribution >= 0.6 is 0 Å². The van der Waals surface area contributed by atoms with Gasteiger partial charge >= 0.3 is 5.97 Å². The summed E-state index contributed by atoms with van der Waals surface area (Å²) in [6, 6.07) is 1.60. The van der Waals surface area contributed by atoms with E-state index in [1.807, 2.05) is 4.68 Å². The normalized spacial score (nSPS) is 10.8. The van der Waals surface area contributed by atoms with Gasteiger partial charge in [-0.05, 0) is 12.5 Å². The summed E-state index contributed by atoms with van der Waals surface area (Å²) in [5, 5.41) is 13.8. The SMILES string of the molecule is CCCCn1ncc2cc(C(=O)O)cnc21. The highest BCUT2D eigenvalue weighted by atomic mass is 16.4. The third-order valence-electron chi connectivity index (χ3n) is 2.45. The lowest BCUT2D eigenvalue weighted by Gasteiger charge is -2.01. The van der Waals surface area contributed by atoms with Gasteiger partial charge in [-0.15, -0.1) is 0 Å². The number of unbranched alkanes of at least 4 members (excludes halogenated alkanes) is 1. The Morgan fingerprint density at radius 1 is 1.50 bits per heavy atom. The van der Waals surface area contributed by atoms with Crippen LogP contribution < -0.4 is 0 Å². The number of aromatic nitrogens is 3. The zero-order valence-corrected chi connectivity index (χ0v) is 9.05. The number of fused-ring (bicyclic) bond motifs is 1. The maximum atomic E-state index is 10.8. The molecule has 5 heteroatoms. The molecule has 0 atom stereocenters. The molecule has 0 amide bonds. The molecule has 0 aliphatic carbocycles. The fraction of sp³-hybridized carbons (Fsp3) is 0.364. The average Bonchev–Trinajstić information content (AvgIpc) is 2.68. The highest BCUT2D eigenvalue weighted by molar-refractivity contribution is 5.91. The van der Waals surface area contributed by atoms with Gasteiger partial charge in [0.2, 0.25) is 0 Å². The lowest BCUT2D eigenvalue weighted by Crippen LogP contribution is -2.02. The van der Waals surface area contributed by atoms with Crippen molar-refractivity contribution in [2.45, 2.75) is 26.3 Å². The number of pyridine rings is 1. The highest BCUT2D eigenvalue weighted by Crippen LogP contribution is 2.13. The van der Waals surface area contributed by atoms with Crippen LogP contribution in [0.5, 0.6) is 0 Å². The second kappa shape index (κ2) is 4.30. The van der Waals surface area contributed by atoms with Crippen molar-refractivity contribution in [1.29, 1.82) is 0 Å². The Bertz CT molecular complexity index is 519. The minimum absolute atomic E-state index is 0.197. The lowest BCUT2D eigenvalue weighted by atomic mass is 10.2. The van der Waals surface area contributed by atoms with Crippen molar-refractivity contribution in [1.82, 2.24) is 14.8 Å². The molecule has 2 rings (SSSR count). The first kappa shape index (κ1) is 10.6. The highest BCUT2D eigenvalue weighted by Gasteiger charge is 2.08. The van der Waals surface area contributed by atoms with Crippen LogP contribution in [0.25, 0.3) is 11.0 Å². The van der Waals surface area contributed by atoms with Gasteiger partial charge in [0.05, 0.1) is 11.8 Å². The van der Waals surface area contributed by atoms with Crippen LogP contribution in [0.3, 0.4) is 0 Å². The number of carbonyl (C=O) groups is 1. The number of carboxylic acids is 1. The molecule has 0 saturated carbocycles. The third kappa shape index (κ3) is 1.88. The van der Waals surface area contributed by atoms with Crippen molar-refractivity contribution in [2.75, 3.05) is 0 Å². The fourth-order valence-electron chi connectivity index (χ4n) is 1.56. The zero-order chi connectivity index (χ0) is 11.5. The van der Waals surface area contributed by atoms with Gasteiger partial charge < -0.3 is 5.11 Å². The van der Waals surface area contributed by atoms with Crippen LogP contribution in [0, 0.1) is 0 Å². The molecule has 5 nitrogen and oxygen atoms in total. The molecule has 0 aromatic carbocycles. The van der Waals surface area contributed by atoms with Crippen LogP contribution in [-0.4, -0.2) is 25.8 Å². The average molecular weight is 219 g/mol. The smallest absolute Gasteiger partial charge is 0.337 e. The minimum Gasteiger partial charge on any atom is -0.478 e. The maximum absolute atomic E-state index is 10.8. The molecule has 2 aromatic rings. The molecular weight excluding hydrogens is 206 g/mol. The van der Waals surface area contributed by atoms with E-state index in [0.717, 1.165) is 30.4 Å². The monoisotopic (exact) mass is 219 g/mol. The molecule has 0 unspecified atom stereocenters. The molecule has 2 aromatic heterocycles. The molecule has 0 radical (unpaired) electrons. The van der Waals surface area contributed by atoms with Gasteiger partial charge in [0, 0.05) is 18.1 Å². The standard InChI is InChI=1S/C11H13N3O2/c1-2-3-4-14-10-8(7-13-14)5-9(6-12-10)11(15)16/h5-7H,2-4H2,1H3,(H,15,16). The molecule has 2 heterocycles. The number of aryl methyl sites for hydroxylation is 1. The molecule has 16 heavy (non-hydrogen) atoms. The van der Waals surface area contributed by atoms with E-state index in [9.17, 15) is 4.79 Å². The summed E-state index contributed by atoms with van der Waals surface area (Å²) in [5.74, 6) is -0.962. The first-order valence-electron chi connectivity index (χ1n) is 5.27. The first-order valence-corrected chi connectivity index (χ1v) is 5.27. The zero-order valence-electron chi connectivity index (χ0n) is 9.05. The van der Waals surface area contributed by atoms with Crippen LogP contribution in [-0.2, 0) is 6.54 Å². The summed E-state index contributed by atoms with van der Waals surface area (Å²) in [7, 11) is 0. The molecular formula is C11H13N3O2. The molecule has 0 spiro atoms. The van der Waals surface area contributed by atoms with Crippen molar-refractivity contribution >= 4 is 17.0 Å². The van der Waals surface area contributed by atoms with Gasteiger partial charge in [-0.2, -0.15) is 5.10 Å². The van der Waals surface area contributed by atoms with Crippen LogP contribution in [0.2, 0.25) is 0 Å². The second-order valence-electron chi connectivity index (χ2n) is 3.66. The molecule has 0 saturated heterocycles. The molecule has 0 fully saturated rings. The largest absolute Gasteiger partial charge is 0.478 e.